The van der Waals surface area contributed by atoms with E-state index in [-0.39, 0.29) is 6.09 Å². The number of alkyl carbamates (subject to hydrolysis) is 1. The average Bonchev–Trinajstić information content (AvgIpc) is 2.42. The van der Waals surface area contributed by atoms with Crippen LogP contribution in [0.3, 0.4) is 0 Å². The second kappa shape index (κ2) is 13.4. The van der Waals surface area contributed by atoms with Gasteiger partial charge in [0.15, 0.2) is 0 Å². The van der Waals surface area contributed by atoms with Gasteiger partial charge in [0.05, 0.1) is 6.61 Å². The first-order valence-electron chi connectivity index (χ1n) is 7.79. The highest BCUT2D eigenvalue weighted by Crippen LogP contribution is 2.20. The Balaban J connectivity index is 3.59. The largest absolute Gasteiger partial charge is 0.450 e. The van der Waals surface area contributed by atoms with E-state index in [0.717, 1.165) is 38.9 Å². The number of nitrogens with one attached hydrogen (secondary N) is 1. The molecule has 0 heterocycles. The molecule has 0 aromatic heterocycles. The summed E-state index contributed by atoms with van der Waals surface area (Å²) in [6.07, 6.45) is 4.06. The van der Waals surface area contributed by atoms with E-state index in [2.05, 4.69) is 12.2 Å². The third kappa shape index (κ3) is 10.2. The number of ether oxygens (including phenoxy) is 1. The van der Waals surface area contributed by atoms with Crippen molar-refractivity contribution in [2.75, 3.05) is 26.4 Å². The number of carbonyl (C=O) groups excluding carboxylic acids is 1. The van der Waals surface area contributed by atoms with E-state index in [0.29, 0.717) is 18.7 Å². The van der Waals surface area contributed by atoms with Gasteiger partial charge in [-0.05, 0) is 39.2 Å². The number of amides is 1. The fourth-order valence-corrected chi connectivity index (χ4v) is 3.90. The van der Waals surface area contributed by atoms with Crippen LogP contribution in [0.1, 0.15) is 53.4 Å². The topological polar surface area (TPSA) is 56.8 Å². The Morgan fingerprint density at radius 3 is 2.25 bits per heavy atom. The maximum absolute atomic E-state index is 11.1. The van der Waals surface area contributed by atoms with Gasteiger partial charge >= 0.3 is 15.4 Å². The Morgan fingerprint density at radius 1 is 1.05 bits per heavy atom. The first-order chi connectivity index (χ1) is 9.65. The molecule has 1 N–H and O–H groups in total. The molecule has 0 spiro atoms. The third-order valence-electron chi connectivity index (χ3n) is 3.01. The standard InChI is InChI=1S/C14H31NO4Si/c1-5-17-14(16)15-12-10-8-9-11-13(4)20(18-6-2)19-7-3/h13,20H,5-12H2,1-4H3,(H,15,16). The van der Waals surface area contributed by atoms with E-state index in [1.807, 2.05) is 13.8 Å². The summed E-state index contributed by atoms with van der Waals surface area (Å²) < 4.78 is 16.2. The molecule has 0 rings (SSSR count). The summed E-state index contributed by atoms with van der Waals surface area (Å²) in [5.41, 5.74) is 0.535. The zero-order valence-corrected chi connectivity index (χ0v) is 14.6. The Bertz CT molecular complexity index is 235. The summed E-state index contributed by atoms with van der Waals surface area (Å²) >= 11 is 0. The molecule has 0 aromatic rings. The first-order valence-corrected chi connectivity index (χ1v) is 9.40. The second-order valence-corrected chi connectivity index (χ2v) is 7.29. The van der Waals surface area contributed by atoms with Gasteiger partial charge < -0.3 is 18.9 Å². The summed E-state index contributed by atoms with van der Waals surface area (Å²) in [5.74, 6) is 0. The van der Waals surface area contributed by atoms with E-state index >= 15 is 0 Å². The minimum Gasteiger partial charge on any atom is -0.450 e. The van der Waals surface area contributed by atoms with Gasteiger partial charge in [-0.1, -0.05) is 19.8 Å². The minimum atomic E-state index is -1.50. The Labute approximate surface area is 125 Å². The van der Waals surface area contributed by atoms with Crippen LogP contribution in [0.2, 0.25) is 5.54 Å². The van der Waals surface area contributed by atoms with Gasteiger partial charge in [-0.25, -0.2) is 4.79 Å². The van der Waals surface area contributed by atoms with Crippen LogP contribution in [0.25, 0.3) is 0 Å². The fourth-order valence-electron chi connectivity index (χ4n) is 1.98. The zero-order valence-electron chi connectivity index (χ0n) is 13.4. The van der Waals surface area contributed by atoms with E-state index < -0.39 is 9.28 Å². The van der Waals surface area contributed by atoms with Crippen molar-refractivity contribution in [3.8, 4) is 0 Å². The maximum atomic E-state index is 11.1. The molecule has 0 radical (unpaired) electrons. The van der Waals surface area contributed by atoms with E-state index in [4.69, 9.17) is 13.6 Å². The number of carbonyl (C=O) groups is 1. The van der Waals surface area contributed by atoms with Crippen LogP contribution < -0.4 is 5.32 Å². The quantitative estimate of drug-likeness (QED) is 0.445. The van der Waals surface area contributed by atoms with Gasteiger partial charge in [0.2, 0.25) is 0 Å². The van der Waals surface area contributed by atoms with Gasteiger partial charge in [0.1, 0.15) is 0 Å². The SMILES string of the molecule is CCOC(=O)NCCCCCC(C)[SiH](OCC)OCC. The van der Waals surface area contributed by atoms with Crippen LogP contribution in [-0.2, 0) is 13.6 Å². The lowest BCUT2D eigenvalue weighted by atomic mass is 10.1. The average molecular weight is 305 g/mol. The molecule has 0 fully saturated rings. The summed E-state index contributed by atoms with van der Waals surface area (Å²) in [7, 11) is -1.50. The number of hydrogen-bond donors (Lipinski definition) is 1. The van der Waals surface area contributed by atoms with Crippen LogP contribution in [0.15, 0.2) is 0 Å². The molecule has 6 heteroatoms. The second-order valence-electron chi connectivity index (χ2n) is 4.75. The highest BCUT2D eigenvalue weighted by molar-refractivity contribution is 6.46. The van der Waals surface area contributed by atoms with Crippen LogP contribution >= 0.6 is 0 Å². The fraction of sp³-hybridized carbons (Fsp3) is 0.929. The highest BCUT2D eigenvalue weighted by Gasteiger charge is 2.20. The van der Waals surface area contributed by atoms with Crippen LogP contribution in [0.5, 0.6) is 0 Å². The molecule has 120 valence electrons. The lowest BCUT2D eigenvalue weighted by molar-refractivity contribution is 0.152. The molecular formula is C14H31NO4Si. The van der Waals surface area contributed by atoms with Crippen molar-refractivity contribution in [2.45, 2.75) is 58.9 Å². The molecule has 0 saturated carbocycles. The Kier molecular flexibility index (Phi) is 13.0. The highest BCUT2D eigenvalue weighted by atomic mass is 28.3. The van der Waals surface area contributed by atoms with Crippen molar-refractivity contribution in [2.24, 2.45) is 0 Å². The molecule has 0 aliphatic rings. The first kappa shape index (κ1) is 19.4. The zero-order chi connectivity index (χ0) is 15.2. The van der Waals surface area contributed by atoms with Crippen LogP contribution in [0.4, 0.5) is 4.79 Å². The van der Waals surface area contributed by atoms with Crippen LogP contribution in [0, 0.1) is 0 Å². The van der Waals surface area contributed by atoms with Crippen molar-refractivity contribution >= 4 is 15.4 Å². The van der Waals surface area contributed by atoms with Crippen molar-refractivity contribution in [3.05, 3.63) is 0 Å². The van der Waals surface area contributed by atoms with Crippen molar-refractivity contribution < 1.29 is 18.4 Å². The van der Waals surface area contributed by atoms with Gasteiger partial charge in [0, 0.05) is 19.8 Å². The van der Waals surface area contributed by atoms with Gasteiger partial charge in [-0.3, -0.25) is 0 Å². The smallest absolute Gasteiger partial charge is 0.407 e. The predicted molar refractivity (Wildman–Crippen MR) is 83.3 cm³/mol. The molecule has 0 bridgehead atoms. The summed E-state index contributed by atoms with van der Waals surface area (Å²) in [4.78, 5) is 11.1. The van der Waals surface area contributed by atoms with Crippen molar-refractivity contribution in [1.82, 2.24) is 5.32 Å². The van der Waals surface area contributed by atoms with E-state index in [1.165, 1.54) is 0 Å². The monoisotopic (exact) mass is 305 g/mol. The molecule has 1 atom stereocenters. The molecule has 20 heavy (non-hydrogen) atoms. The summed E-state index contributed by atoms with van der Waals surface area (Å²) in [5, 5.41) is 2.73. The third-order valence-corrected chi connectivity index (χ3v) is 5.59. The number of unbranched alkanes of at least 4 members (excludes halogenated alkanes) is 2. The molecule has 0 aliphatic heterocycles. The maximum Gasteiger partial charge on any atom is 0.407 e. The van der Waals surface area contributed by atoms with Gasteiger partial charge in [0.25, 0.3) is 0 Å². The summed E-state index contributed by atoms with van der Waals surface area (Å²) in [6.45, 7) is 10.7. The van der Waals surface area contributed by atoms with E-state index in [9.17, 15) is 4.79 Å². The van der Waals surface area contributed by atoms with Crippen molar-refractivity contribution in [3.63, 3.8) is 0 Å². The molecule has 1 amide bonds. The molecular weight excluding hydrogens is 274 g/mol. The van der Waals surface area contributed by atoms with Crippen LogP contribution in [-0.4, -0.2) is 41.7 Å². The summed E-state index contributed by atoms with van der Waals surface area (Å²) in [6, 6.07) is 0. The van der Waals surface area contributed by atoms with Gasteiger partial charge in [-0.2, -0.15) is 0 Å². The molecule has 0 aliphatic carbocycles. The Morgan fingerprint density at radius 2 is 1.70 bits per heavy atom. The molecule has 0 saturated heterocycles. The normalized spacial score (nSPS) is 12.4. The lowest BCUT2D eigenvalue weighted by Crippen LogP contribution is -2.28. The number of rotatable bonds is 12. The van der Waals surface area contributed by atoms with Gasteiger partial charge in [-0.15, -0.1) is 0 Å². The molecule has 1 unspecified atom stereocenters. The molecule has 5 nitrogen and oxygen atoms in total. The minimum absolute atomic E-state index is 0.318. The number of hydrogen-bond acceptors (Lipinski definition) is 4. The van der Waals surface area contributed by atoms with Crippen molar-refractivity contribution in [1.29, 1.82) is 0 Å². The molecule has 0 aromatic carbocycles. The lowest BCUT2D eigenvalue weighted by Gasteiger charge is -2.21. The Hall–Kier alpha value is -0.593. The van der Waals surface area contributed by atoms with E-state index in [1.54, 1.807) is 6.92 Å². The predicted octanol–water partition coefficient (Wildman–Crippen LogP) is 2.98.